The lowest BCUT2D eigenvalue weighted by Crippen LogP contribution is -2.59. The van der Waals surface area contributed by atoms with E-state index in [1.54, 1.807) is 50.4 Å². The standard InChI is InChI=1S/C50H62FN5O10S/c1-27(2)64-42-14-11-30(22-39(42)51)40-23-33-21-35(63-6)12-13-38(33)45(52-40)65-37-24-41-44(57)54-50(47(59)55-67(61,62)49(5)15-16-49)25-34(50)10-8-7-9-28(3)17-29(4)43(46(58)56(41)26-37)53-48(60)66-36-19-31-18-32(31)20-36/h8,10-14,21-23,27-29,31-32,34,36-37,41,43H,7,9,15-20,24-26H2,1-6H3,(H,53,60)(H,54,57)(H,55,59)/b10-8-/t28-,29-,31-,32+,34+,36+,37-,41+,43+,50-/m1/s1. The number of hydrogen-bond acceptors (Lipinski definition) is 11. The number of carbonyl (C=O) groups excluding carboxylic acids is 4. The second-order valence-corrected chi connectivity index (χ2v) is 22.7. The Balaban J connectivity index is 1.06. The molecule has 3 N–H and O–H groups in total. The minimum Gasteiger partial charge on any atom is -0.497 e. The van der Waals surface area contributed by atoms with Crippen LogP contribution >= 0.6 is 0 Å². The second-order valence-electron chi connectivity index (χ2n) is 20.5. The van der Waals surface area contributed by atoms with Crippen LogP contribution in [0.3, 0.4) is 0 Å². The topological polar surface area (TPSA) is 192 Å². The molecule has 4 saturated carbocycles. The molecule has 4 amide bonds. The number of nitrogens with one attached hydrogen (secondary N) is 3. The number of benzene rings is 2. The molecule has 3 aromatic rings. The highest BCUT2D eigenvalue weighted by molar-refractivity contribution is 7.91. The molecule has 3 heterocycles. The van der Waals surface area contributed by atoms with Crippen molar-refractivity contribution in [1.29, 1.82) is 0 Å². The van der Waals surface area contributed by atoms with Gasteiger partial charge in [-0.05, 0) is 150 Å². The number of amides is 4. The predicted molar refractivity (Wildman–Crippen MR) is 247 cm³/mol. The molecule has 2 aliphatic heterocycles. The lowest BCUT2D eigenvalue weighted by molar-refractivity contribution is -0.142. The van der Waals surface area contributed by atoms with E-state index in [1.807, 2.05) is 32.9 Å². The zero-order chi connectivity index (χ0) is 47.6. The highest BCUT2D eigenvalue weighted by atomic mass is 32.2. The van der Waals surface area contributed by atoms with Crippen LogP contribution in [0.1, 0.15) is 98.8 Å². The van der Waals surface area contributed by atoms with E-state index in [0.29, 0.717) is 65.3 Å². The average Bonchev–Trinajstić information content (AvgIpc) is 4.24. The van der Waals surface area contributed by atoms with Gasteiger partial charge in [0, 0.05) is 23.3 Å². The first-order valence-corrected chi connectivity index (χ1v) is 25.3. The van der Waals surface area contributed by atoms with E-state index < -0.39 is 74.0 Å². The molecule has 15 nitrogen and oxygen atoms in total. The largest absolute Gasteiger partial charge is 0.497 e. The molecule has 1 aromatic heterocycles. The third kappa shape index (κ3) is 9.66. The Bertz CT molecular complexity index is 2590. The van der Waals surface area contributed by atoms with Crippen molar-refractivity contribution in [2.24, 2.45) is 29.6 Å². The number of rotatable bonds is 11. The Labute approximate surface area is 391 Å². The second kappa shape index (κ2) is 17.9. The van der Waals surface area contributed by atoms with Gasteiger partial charge in [0.2, 0.25) is 27.7 Å². The summed E-state index contributed by atoms with van der Waals surface area (Å²) in [6.07, 6.45) is 7.49. The van der Waals surface area contributed by atoms with Crippen molar-refractivity contribution in [2.45, 2.75) is 140 Å². The van der Waals surface area contributed by atoms with E-state index >= 15 is 9.18 Å². The molecule has 0 unspecified atom stereocenters. The summed E-state index contributed by atoms with van der Waals surface area (Å²) in [7, 11) is -2.50. The zero-order valence-corrected chi connectivity index (χ0v) is 39.8. The van der Waals surface area contributed by atoms with Crippen LogP contribution in [0.15, 0.2) is 54.6 Å². The van der Waals surface area contributed by atoms with E-state index in [-0.39, 0.29) is 55.1 Å². The zero-order valence-electron chi connectivity index (χ0n) is 39.0. The minimum atomic E-state index is -4.05. The summed E-state index contributed by atoms with van der Waals surface area (Å²) in [5.41, 5.74) is -0.753. The molecular formula is C50H62FN5O10S. The van der Waals surface area contributed by atoms with Gasteiger partial charge in [0.1, 0.15) is 35.6 Å². The number of pyridine rings is 1. The Hall–Kier alpha value is -5.45. The fourth-order valence-electron chi connectivity index (χ4n) is 10.4. The molecule has 67 heavy (non-hydrogen) atoms. The minimum absolute atomic E-state index is 0.0433. The van der Waals surface area contributed by atoms with Crippen molar-refractivity contribution in [3.05, 3.63) is 60.4 Å². The first kappa shape index (κ1) is 46.7. The summed E-state index contributed by atoms with van der Waals surface area (Å²) >= 11 is 0. The van der Waals surface area contributed by atoms with Gasteiger partial charge in [-0.1, -0.05) is 26.0 Å². The predicted octanol–water partition coefficient (Wildman–Crippen LogP) is 6.96. The van der Waals surface area contributed by atoms with Gasteiger partial charge in [-0.2, -0.15) is 0 Å². The van der Waals surface area contributed by atoms with Crippen molar-refractivity contribution in [1.82, 2.24) is 25.2 Å². The van der Waals surface area contributed by atoms with Gasteiger partial charge in [0.05, 0.1) is 30.2 Å². The molecule has 10 atom stereocenters. The summed E-state index contributed by atoms with van der Waals surface area (Å²) in [6, 6.07) is 9.43. The first-order chi connectivity index (χ1) is 31.8. The monoisotopic (exact) mass is 943 g/mol. The number of halogens is 1. The Morgan fingerprint density at radius 1 is 0.985 bits per heavy atom. The van der Waals surface area contributed by atoms with Gasteiger partial charge in [0.15, 0.2) is 11.6 Å². The number of ether oxygens (including phenoxy) is 4. The van der Waals surface area contributed by atoms with Crippen LogP contribution in [0.4, 0.5) is 9.18 Å². The fraction of sp³-hybridized carbons (Fsp3) is 0.580. The van der Waals surface area contributed by atoms with Crippen LogP contribution in [0.2, 0.25) is 0 Å². The maximum absolute atomic E-state index is 15.4. The van der Waals surface area contributed by atoms with E-state index in [0.717, 1.165) is 25.7 Å². The number of aromatic nitrogens is 1. The van der Waals surface area contributed by atoms with Gasteiger partial charge >= 0.3 is 6.09 Å². The molecule has 5 fully saturated rings. The number of sulfonamides is 1. The number of methoxy groups -OCH3 is 1. The SMILES string of the molecule is COc1ccc2c(O[C@@H]3C[C@H]4C(=O)N[C@]5(C(=O)NS(=O)(=O)C6(C)CC6)C[C@@H]5/C=C\CC[C@@H](C)C[C@@H](C)[C@H](NC(=O)O[C@@H]5C[C@@H]6C[C@@H]6C5)C(=O)N4C3)nc(-c3ccc(OC(C)C)c(F)c3)cc2c1. The number of fused-ring (bicyclic) bond motifs is 4. The van der Waals surface area contributed by atoms with Gasteiger partial charge in [-0.25, -0.2) is 22.6 Å². The van der Waals surface area contributed by atoms with Crippen molar-refractivity contribution < 1.29 is 50.9 Å². The van der Waals surface area contributed by atoms with Crippen LogP contribution in [0, 0.1) is 35.4 Å². The molecule has 6 aliphatic rings. The summed E-state index contributed by atoms with van der Waals surface area (Å²) in [4.78, 5) is 64.1. The Morgan fingerprint density at radius 2 is 1.75 bits per heavy atom. The van der Waals surface area contributed by atoms with Crippen LogP contribution in [0.25, 0.3) is 22.0 Å². The highest BCUT2D eigenvalue weighted by Crippen LogP contribution is 2.53. The van der Waals surface area contributed by atoms with Gasteiger partial charge < -0.3 is 34.5 Å². The number of allylic oxidation sites excluding steroid dienone is 1. The average molecular weight is 944 g/mol. The fourth-order valence-corrected chi connectivity index (χ4v) is 11.7. The smallest absolute Gasteiger partial charge is 0.408 e. The van der Waals surface area contributed by atoms with E-state index in [2.05, 4.69) is 22.3 Å². The molecule has 360 valence electrons. The number of carbonyl (C=O) groups is 4. The van der Waals surface area contributed by atoms with E-state index in [9.17, 15) is 22.8 Å². The number of hydrogen-bond donors (Lipinski definition) is 3. The number of alkyl carbamates (subject to hydrolysis) is 1. The molecule has 0 spiro atoms. The number of nitrogens with zero attached hydrogens (tertiary/aromatic N) is 2. The van der Waals surface area contributed by atoms with Crippen LogP contribution < -0.4 is 29.6 Å². The van der Waals surface area contributed by atoms with Crippen molar-refractivity contribution >= 4 is 44.6 Å². The quantitative estimate of drug-likeness (QED) is 0.168. The highest BCUT2D eigenvalue weighted by Gasteiger charge is 2.63. The lowest BCUT2D eigenvalue weighted by Gasteiger charge is -2.33. The molecule has 0 bridgehead atoms. The molecule has 9 rings (SSSR count). The molecule has 2 aromatic carbocycles. The summed E-state index contributed by atoms with van der Waals surface area (Å²) < 4.78 is 67.1. The molecule has 0 radical (unpaired) electrons. The van der Waals surface area contributed by atoms with Crippen LogP contribution in [-0.4, -0.2) is 96.5 Å². The Morgan fingerprint density at radius 3 is 2.45 bits per heavy atom. The van der Waals surface area contributed by atoms with E-state index in [1.165, 1.54) is 11.0 Å². The van der Waals surface area contributed by atoms with Crippen molar-refractivity contribution in [3.63, 3.8) is 0 Å². The normalized spacial score (nSPS) is 31.5. The van der Waals surface area contributed by atoms with Gasteiger partial charge in [0.25, 0.3) is 5.91 Å². The summed E-state index contributed by atoms with van der Waals surface area (Å²) in [5.74, 6) is -1.36. The van der Waals surface area contributed by atoms with Gasteiger partial charge in [-0.3, -0.25) is 19.1 Å². The molecule has 17 heteroatoms. The maximum Gasteiger partial charge on any atom is 0.408 e. The molecule has 4 aliphatic carbocycles. The maximum atomic E-state index is 15.4. The van der Waals surface area contributed by atoms with E-state index in [4.69, 9.17) is 23.9 Å². The molecular weight excluding hydrogens is 882 g/mol. The summed E-state index contributed by atoms with van der Waals surface area (Å²) in [5, 5.41) is 7.11. The molecule has 1 saturated heterocycles. The summed E-state index contributed by atoms with van der Waals surface area (Å²) in [6.45, 7) is 9.09. The third-order valence-corrected chi connectivity index (χ3v) is 17.0. The Kier molecular flexibility index (Phi) is 12.5. The van der Waals surface area contributed by atoms with Crippen molar-refractivity contribution in [3.8, 4) is 28.6 Å². The van der Waals surface area contributed by atoms with Crippen LogP contribution in [0.5, 0.6) is 17.4 Å². The lowest BCUT2D eigenvalue weighted by atomic mass is 9.88. The first-order valence-electron chi connectivity index (χ1n) is 23.8. The third-order valence-electron chi connectivity index (χ3n) is 14.9. The van der Waals surface area contributed by atoms with Crippen LogP contribution in [-0.2, 0) is 29.1 Å². The van der Waals surface area contributed by atoms with Crippen molar-refractivity contribution in [2.75, 3.05) is 13.7 Å². The van der Waals surface area contributed by atoms with Gasteiger partial charge in [-0.15, -0.1) is 0 Å².